The van der Waals surface area contributed by atoms with Crippen molar-refractivity contribution in [3.63, 3.8) is 0 Å². The molecule has 5 N–H and O–H groups in total. The third-order valence-electron chi connectivity index (χ3n) is 4.19. The van der Waals surface area contributed by atoms with Crippen LogP contribution < -0.4 is 11.1 Å². The van der Waals surface area contributed by atoms with Crippen molar-refractivity contribution in [3.8, 4) is 5.75 Å². The molecule has 0 aliphatic heterocycles. The van der Waals surface area contributed by atoms with Crippen LogP contribution in [0.1, 0.15) is 31.4 Å². The quantitative estimate of drug-likeness (QED) is 0.314. The molecule has 0 aliphatic carbocycles. The molecule has 144 valence electrons. The summed E-state index contributed by atoms with van der Waals surface area (Å²) < 4.78 is 1.29. The Bertz CT molecular complexity index is 840. The molecule has 2 atom stereocenters. The minimum absolute atomic E-state index is 0.0351. The number of phenols is 1. The molecule has 1 amide bonds. The van der Waals surface area contributed by atoms with Gasteiger partial charge >= 0.3 is 0 Å². The number of carbonyl (C=O) groups is 1. The summed E-state index contributed by atoms with van der Waals surface area (Å²) in [6, 6.07) is 10.5. The van der Waals surface area contributed by atoms with E-state index in [0.717, 1.165) is 4.47 Å². The summed E-state index contributed by atoms with van der Waals surface area (Å²) in [5.74, 6) is -0.322. The molecular formula is C20H22Br2N2O3. The van der Waals surface area contributed by atoms with Gasteiger partial charge in [-0.2, -0.15) is 0 Å². The standard InChI is InChI=1S/C20H22Br2N2O3/c1-12(19(26)14-10-13(21)11-15(22)20(14)27)6-2-5-9-18(25)24-17-8-4-3-7-16(17)23/h3-5,7-12,19,26-27H,2,6,23H2,1H3,(H,24,25)/b9-5+/t12-,19+/m0/s1. The van der Waals surface area contributed by atoms with Gasteiger partial charge in [0.15, 0.2) is 0 Å². The molecule has 0 heterocycles. The van der Waals surface area contributed by atoms with Gasteiger partial charge in [-0.1, -0.05) is 41.1 Å². The van der Waals surface area contributed by atoms with E-state index in [0.29, 0.717) is 34.3 Å². The van der Waals surface area contributed by atoms with Crippen molar-refractivity contribution in [3.05, 3.63) is 63.1 Å². The monoisotopic (exact) mass is 496 g/mol. The number of rotatable bonds is 7. The molecular weight excluding hydrogens is 476 g/mol. The molecule has 0 radical (unpaired) electrons. The van der Waals surface area contributed by atoms with Crippen LogP contribution >= 0.6 is 31.9 Å². The maximum absolute atomic E-state index is 11.9. The second kappa shape index (κ2) is 9.92. The van der Waals surface area contributed by atoms with E-state index in [1.165, 1.54) is 6.08 Å². The molecule has 2 aromatic carbocycles. The Morgan fingerprint density at radius 2 is 2.00 bits per heavy atom. The van der Waals surface area contributed by atoms with Crippen LogP contribution in [0.3, 0.4) is 0 Å². The van der Waals surface area contributed by atoms with Gasteiger partial charge in [-0.05, 0) is 65.0 Å². The Morgan fingerprint density at radius 3 is 2.70 bits per heavy atom. The normalized spacial score (nSPS) is 13.5. The van der Waals surface area contributed by atoms with Gasteiger partial charge in [0.25, 0.3) is 0 Å². The Hall–Kier alpha value is -1.83. The van der Waals surface area contributed by atoms with Gasteiger partial charge in [0.1, 0.15) is 5.75 Å². The van der Waals surface area contributed by atoms with Crippen molar-refractivity contribution >= 4 is 49.1 Å². The number of benzene rings is 2. The number of anilines is 2. The first kappa shape index (κ1) is 21.5. The van der Waals surface area contributed by atoms with Gasteiger partial charge in [-0.25, -0.2) is 0 Å². The molecule has 0 spiro atoms. The third kappa shape index (κ3) is 6.09. The van der Waals surface area contributed by atoms with Crippen molar-refractivity contribution in [1.29, 1.82) is 0 Å². The first-order valence-electron chi connectivity index (χ1n) is 8.47. The summed E-state index contributed by atoms with van der Waals surface area (Å²) in [6.07, 6.45) is 3.67. The fourth-order valence-corrected chi connectivity index (χ4v) is 3.87. The van der Waals surface area contributed by atoms with E-state index in [1.54, 1.807) is 42.5 Å². The maximum atomic E-state index is 11.9. The number of aliphatic hydroxyl groups excluding tert-OH is 1. The first-order valence-corrected chi connectivity index (χ1v) is 10.1. The van der Waals surface area contributed by atoms with Crippen LogP contribution in [0.25, 0.3) is 0 Å². The lowest BCUT2D eigenvalue weighted by Crippen LogP contribution is -2.10. The number of nitrogens with two attached hydrogens (primary N) is 1. The smallest absolute Gasteiger partial charge is 0.248 e. The molecule has 2 aromatic rings. The number of allylic oxidation sites excluding steroid dienone is 1. The summed E-state index contributed by atoms with van der Waals surface area (Å²) >= 11 is 6.63. The van der Waals surface area contributed by atoms with Gasteiger partial charge in [-0.15, -0.1) is 0 Å². The van der Waals surface area contributed by atoms with Crippen molar-refractivity contribution in [1.82, 2.24) is 0 Å². The number of amides is 1. The Morgan fingerprint density at radius 1 is 1.30 bits per heavy atom. The fourth-order valence-electron chi connectivity index (χ4n) is 2.61. The highest BCUT2D eigenvalue weighted by Crippen LogP contribution is 2.38. The molecule has 0 aromatic heterocycles. The zero-order chi connectivity index (χ0) is 20.0. The van der Waals surface area contributed by atoms with Crippen LogP contribution in [-0.2, 0) is 4.79 Å². The number of para-hydroxylation sites is 2. The molecule has 0 aliphatic rings. The molecule has 0 unspecified atom stereocenters. The topological polar surface area (TPSA) is 95.6 Å². The van der Waals surface area contributed by atoms with Crippen molar-refractivity contribution < 1.29 is 15.0 Å². The summed E-state index contributed by atoms with van der Waals surface area (Å²) in [5.41, 5.74) is 7.34. The average Bonchev–Trinajstić information content (AvgIpc) is 2.63. The molecule has 0 saturated heterocycles. The van der Waals surface area contributed by atoms with Crippen LogP contribution in [0.4, 0.5) is 11.4 Å². The minimum atomic E-state index is -0.815. The SMILES string of the molecule is C[C@@H](CC/C=C/C(=O)Nc1ccccc1N)[C@@H](O)c1cc(Br)cc(Br)c1O. The molecule has 0 bridgehead atoms. The van der Waals surface area contributed by atoms with Crippen LogP contribution in [0, 0.1) is 5.92 Å². The summed E-state index contributed by atoms with van der Waals surface area (Å²) in [4.78, 5) is 11.9. The highest BCUT2D eigenvalue weighted by Gasteiger charge is 2.21. The van der Waals surface area contributed by atoms with E-state index in [4.69, 9.17) is 5.73 Å². The van der Waals surface area contributed by atoms with Gasteiger partial charge in [0, 0.05) is 10.0 Å². The average molecular weight is 498 g/mol. The number of halogens is 2. The van der Waals surface area contributed by atoms with E-state index in [1.807, 2.05) is 6.92 Å². The molecule has 5 nitrogen and oxygen atoms in total. The zero-order valence-corrected chi connectivity index (χ0v) is 18.0. The van der Waals surface area contributed by atoms with E-state index < -0.39 is 6.10 Å². The third-order valence-corrected chi connectivity index (χ3v) is 5.25. The second-order valence-electron chi connectivity index (χ2n) is 6.30. The van der Waals surface area contributed by atoms with E-state index in [9.17, 15) is 15.0 Å². The molecule has 7 heteroatoms. The number of nitrogens with one attached hydrogen (secondary N) is 1. The number of phenolic OH excluding ortho intramolecular Hbond substituents is 1. The lowest BCUT2D eigenvalue weighted by molar-refractivity contribution is -0.111. The van der Waals surface area contributed by atoms with E-state index >= 15 is 0 Å². The van der Waals surface area contributed by atoms with Crippen LogP contribution in [0.2, 0.25) is 0 Å². The van der Waals surface area contributed by atoms with Gasteiger partial charge < -0.3 is 21.3 Å². The van der Waals surface area contributed by atoms with Crippen LogP contribution in [0.5, 0.6) is 5.75 Å². The van der Waals surface area contributed by atoms with E-state index in [2.05, 4.69) is 37.2 Å². The number of hydrogen-bond donors (Lipinski definition) is 4. The molecule has 27 heavy (non-hydrogen) atoms. The molecule has 0 fully saturated rings. The zero-order valence-electron chi connectivity index (χ0n) is 14.8. The Kier molecular flexibility index (Phi) is 7.89. The maximum Gasteiger partial charge on any atom is 0.248 e. The Balaban J connectivity index is 1.88. The van der Waals surface area contributed by atoms with E-state index in [-0.39, 0.29) is 17.6 Å². The minimum Gasteiger partial charge on any atom is -0.506 e. The number of carbonyl (C=O) groups excluding carboxylic acids is 1. The number of aromatic hydroxyl groups is 1. The van der Waals surface area contributed by atoms with Crippen molar-refractivity contribution in [2.45, 2.75) is 25.9 Å². The fraction of sp³-hybridized carbons (Fsp3) is 0.250. The van der Waals surface area contributed by atoms with Crippen LogP contribution in [-0.4, -0.2) is 16.1 Å². The summed E-state index contributed by atoms with van der Waals surface area (Å²) in [6.45, 7) is 1.90. The van der Waals surface area contributed by atoms with Crippen molar-refractivity contribution in [2.75, 3.05) is 11.1 Å². The predicted octanol–water partition coefficient (Wildman–Crippen LogP) is 5.14. The number of hydrogen-bond acceptors (Lipinski definition) is 4. The highest BCUT2D eigenvalue weighted by atomic mass is 79.9. The first-order chi connectivity index (χ1) is 12.8. The van der Waals surface area contributed by atoms with Gasteiger partial charge in [0.05, 0.1) is 22.0 Å². The lowest BCUT2D eigenvalue weighted by Gasteiger charge is -2.20. The summed E-state index contributed by atoms with van der Waals surface area (Å²) in [5, 5.41) is 23.4. The van der Waals surface area contributed by atoms with Gasteiger partial charge in [0.2, 0.25) is 5.91 Å². The number of nitrogen functional groups attached to an aromatic ring is 1. The highest BCUT2D eigenvalue weighted by molar-refractivity contribution is 9.11. The van der Waals surface area contributed by atoms with Crippen LogP contribution in [0.15, 0.2) is 57.5 Å². The lowest BCUT2D eigenvalue weighted by atomic mass is 9.93. The second-order valence-corrected chi connectivity index (χ2v) is 8.07. The van der Waals surface area contributed by atoms with Gasteiger partial charge in [-0.3, -0.25) is 4.79 Å². The summed E-state index contributed by atoms with van der Waals surface area (Å²) in [7, 11) is 0. The predicted molar refractivity (Wildman–Crippen MR) is 115 cm³/mol. The largest absolute Gasteiger partial charge is 0.506 e. The molecule has 2 rings (SSSR count). The Labute approximate surface area is 175 Å². The van der Waals surface area contributed by atoms with Crippen molar-refractivity contribution in [2.24, 2.45) is 5.92 Å². The molecule has 0 saturated carbocycles. The number of aliphatic hydroxyl groups is 1.